The van der Waals surface area contributed by atoms with Gasteiger partial charge >= 0.3 is 6.03 Å². The van der Waals surface area contributed by atoms with E-state index in [2.05, 4.69) is 70.4 Å². The van der Waals surface area contributed by atoms with Crippen LogP contribution in [0.25, 0.3) is 11.3 Å². The van der Waals surface area contributed by atoms with Crippen molar-refractivity contribution in [2.75, 3.05) is 64.9 Å². The fraction of sp³-hybridized carbons (Fsp3) is 0.638. The molecule has 2 fully saturated rings. The molecule has 13 nitrogen and oxygen atoms in total. The van der Waals surface area contributed by atoms with Crippen molar-refractivity contribution in [2.45, 2.75) is 128 Å². The molecule has 336 valence electrons. The van der Waals surface area contributed by atoms with Gasteiger partial charge < -0.3 is 45.0 Å². The highest BCUT2D eigenvalue weighted by Gasteiger charge is 2.42. The minimum atomic E-state index is -0.0492. The molecule has 3 heterocycles. The predicted molar refractivity (Wildman–Crippen MR) is 243 cm³/mol. The zero-order valence-electron chi connectivity index (χ0n) is 37.1. The molecule has 2 saturated heterocycles. The SMILES string of the molecule is CCCCC(C)CC.COc1cc2c(cc1OC)-c1[nH]nc(NC3CCc4cc(OCCOCCOCCCCNC(=O)CCCCC5SCC6NC(=O)NC65)ccc43)c1C2. The number of thioether (sulfide) groups is 1. The van der Waals surface area contributed by atoms with Gasteiger partial charge in [-0.25, -0.2) is 4.79 Å². The number of nitrogens with one attached hydrogen (secondary N) is 5. The molecule has 0 saturated carbocycles. The number of H-pyrrole nitrogens is 1. The molecule has 61 heavy (non-hydrogen) atoms. The zero-order valence-corrected chi connectivity index (χ0v) is 37.9. The lowest BCUT2D eigenvalue weighted by atomic mass is 10.0. The van der Waals surface area contributed by atoms with E-state index in [1.54, 1.807) is 14.2 Å². The van der Waals surface area contributed by atoms with Crippen molar-refractivity contribution in [3.8, 4) is 28.5 Å². The molecule has 1 aromatic heterocycles. The van der Waals surface area contributed by atoms with Gasteiger partial charge in [0.1, 0.15) is 12.4 Å². The van der Waals surface area contributed by atoms with Crippen LogP contribution in [0, 0.1) is 5.92 Å². The number of aromatic nitrogens is 2. The normalized spacial score (nSPS) is 19.7. The van der Waals surface area contributed by atoms with Gasteiger partial charge in [0, 0.05) is 48.1 Å². The Kier molecular flexibility index (Phi) is 18.2. The van der Waals surface area contributed by atoms with Gasteiger partial charge in [0.05, 0.1) is 57.9 Å². The number of ether oxygens (including phenoxy) is 5. The first-order valence-corrected chi connectivity index (χ1v) is 23.8. The van der Waals surface area contributed by atoms with Gasteiger partial charge in [0.15, 0.2) is 17.3 Å². The van der Waals surface area contributed by atoms with E-state index in [1.807, 2.05) is 23.9 Å². The average Bonchev–Trinajstić information content (AvgIpc) is 4.10. The summed E-state index contributed by atoms with van der Waals surface area (Å²) in [5.74, 6) is 5.24. The summed E-state index contributed by atoms with van der Waals surface area (Å²) in [5, 5.41) is 21.0. The van der Waals surface area contributed by atoms with Gasteiger partial charge in [-0.05, 0) is 85.4 Å². The first-order chi connectivity index (χ1) is 29.8. The molecule has 4 aliphatic rings. The van der Waals surface area contributed by atoms with Crippen LogP contribution in [0.3, 0.4) is 0 Å². The fourth-order valence-electron chi connectivity index (χ4n) is 8.59. The highest BCUT2D eigenvalue weighted by atomic mass is 32.2. The summed E-state index contributed by atoms with van der Waals surface area (Å²) in [7, 11) is 3.32. The number of benzene rings is 2. The van der Waals surface area contributed by atoms with E-state index in [0.29, 0.717) is 57.0 Å². The molecular formula is C47H70N6O7S. The largest absolute Gasteiger partial charge is 0.493 e. The zero-order chi connectivity index (χ0) is 43.0. The molecule has 5 atom stereocenters. The van der Waals surface area contributed by atoms with Crippen LogP contribution in [0.1, 0.15) is 120 Å². The number of aromatic amines is 1. The third-order valence-corrected chi connectivity index (χ3v) is 13.9. The Labute approximate surface area is 367 Å². The number of aryl methyl sites for hydroxylation is 1. The molecule has 3 aromatic rings. The second kappa shape index (κ2) is 23.9. The van der Waals surface area contributed by atoms with Gasteiger partial charge in [-0.15, -0.1) is 0 Å². The Hall–Kier alpha value is -4.14. The highest BCUT2D eigenvalue weighted by molar-refractivity contribution is 8.00. The lowest BCUT2D eigenvalue weighted by Crippen LogP contribution is -2.36. The standard InChI is InChI=1S/C39H52N6O7S.C8H18/c1-48-32-21-25-20-29-36(28(25)22-33(32)49-2)44-45-38(29)41-30-12-9-24-19-26(10-11-27(24)30)52-18-17-51-16-15-50-14-6-5-13-40-35(46)8-4-3-7-34-37-31(23-53-34)42-39(47)43-37;1-4-6-7-8(3)5-2/h10-11,19,21-22,30-31,34,37H,3-9,12-18,20,23H2,1-2H3,(H,40,46)(H2,41,44,45)(H2,42,43,47);8H,4-7H2,1-3H3. The third kappa shape index (κ3) is 13.0. The number of hydrogen-bond acceptors (Lipinski definition) is 10. The number of rotatable bonds is 25. The molecule has 5 unspecified atom stereocenters. The maximum Gasteiger partial charge on any atom is 0.315 e. The Morgan fingerprint density at radius 2 is 1.74 bits per heavy atom. The molecule has 0 bridgehead atoms. The Balaban J connectivity index is 0.000000708. The van der Waals surface area contributed by atoms with Crippen LogP contribution < -0.4 is 35.5 Å². The first-order valence-electron chi connectivity index (χ1n) is 22.8. The maximum absolute atomic E-state index is 12.2. The fourth-order valence-corrected chi connectivity index (χ4v) is 10.1. The summed E-state index contributed by atoms with van der Waals surface area (Å²) >= 11 is 1.92. The van der Waals surface area contributed by atoms with E-state index < -0.39 is 0 Å². The molecule has 0 spiro atoms. The molecule has 7 rings (SSSR count). The van der Waals surface area contributed by atoms with E-state index in [1.165, 1.54) is 47.9 Å². The summed E-state index contributed by atoms with van der Waals surface area (Å²) in [5.41, 5.74) is 7.09. The summed E-state index contributed by atoms with van der Waals surface area (Å²) in [6, 6.07) is 11.0. The molecule has 5 N–H and O–H groups in total. The Morgan fingerprint density at radius 3 is 2.54 bits per heavy atom. The minimum absolute atomic E-state index is 0.0492. The van der Waals surface area contributed by atoms with Crippen LogP contribution in [-0.2, 0) is 27.1 Å². The second-order valence-electron chi connectivity index (χ2n) is 16.7. The molecule has 2 aliphatic heterocycles. The van der Waals surface area contributed by atoms with Gasteiger partial charge in [-0.2, -0.15) is 16.9 Å². The number of hydrogen-bond donors (Lipinski definition) is 5. The van der Waals surface area contributed by atoms with Crippen LogP contribution >= 0.6 is 11.8 Å². The van der Waals surface area contributed by atoms with Gasteiger partial charge in [-0.1, -0.05) is 58.9 Å². The quantitative estimate of drug-likeness (QED) is 0.0324. The smallest absolute Gasteiger partial charge is 0.315 e. The number of fused-ring (bicyclic) bond motifs is 5. The summed E-state index contributed by atoms with van der Waals surface area (Å²) < 4.78 is 28.4. The Morgan fingerprint density at radius 1 is 0.934 bits per heavy atom. The van der Waals surface area contributed by atoms with E-state index >= 15 is 0 Å². The van der Waals surface area contributed by atoms with Crippen molar-refractivity contribution in [1.29, 1.82) is 0 Å². The maximum atomic E-state index is 12.2. The monoisotopic (exact) mass is 863 g/mol. The predicted octanol–water partition coefficient (Wildman–Crippen LogP) is 8.35. The topological polar surface area (TPSA) is 157 Å². The first kappa shape index (κ1) is 46.4. The number of carbonyl (C=O) groups is 2. The van der Waals surface area contributed by atoms with Crippen molar-refractivity contribution in [1.82, 2.24) is 26.1 Å². The van der Waals surface area contributed by atoms with E-state index in [9.17, 15) is 9.59 Å². The van der Waals surface area contributed by atoms with Crippen molar-refractivity contribution >= 4 is 29.5 Å². The van der Waals surface area contributed by atoms with E-state index in [-0.39, 0.29) is 30.1 Å². The summed E-state index contributed by atoms with van der Waals surface area (Å²) in [6.45, 7) is 10.2. The van der Waals surface area contributed by atoms with Crippen LogP contribution in [0.15, 0.2) is 30.3 Å². The van der Waals surface area contributed by atoms with Crippen LogP contribution in [0.4, 0.5) is 10.6 Å². The van der Waals surface area contributed by atoms with Crippen molar-refractivity contribution in [3.63, 3.8) is 0 Å². The van der Waals surface area contributed by atoms with E-state index in [0.717, 1.165) is 91.6 Å². The van der Waals surface area contributed by atoms with Gasteiger partial charge in [0.2, 0.25) is 5.91 Å². The number of urea groups is 1. The van der Waals surface area contributed by atoms with Gasteiger partial charge in [-0.3, -0.25) is 9.89 Å². The minimum Gasteiger partial charge on any atom is -0.493 e. The summed E-state index contributed by atoms with van der Waals surface area (Å²) in [6.07, 6.45) is 13.5. The lowest BCUT2D eigenvalue weighted by Gasteiger charge is -2.16. The highest BCUT2D eigenvalue weighted by Crippen LogP contribution is 2.45. The molecule has 2 aliphatic carbocycles. The van der Waals surface area contributed by atoms with Crippen LogP contribution in [0.2, 0.25) is 0 Å². The number of nitrogens with zero attached hydrogens (tertiary/aromatic N) is 1. The molecule has 3 amide bonds. The number of anilines is 1. The number of amides is 3. The van der Waals surface area contributed by atoms with Crippen molar-refractivity contribution in [3.05, 3.63) is 52.6 Å². The van der Waals surface area contributed by atoms with Gasteiger partial charge in [0.25, 0.3) is 0 Å². The average molecular weight is 863 g/mol. The van der Waals surface area contributed by atoms with Crippen molar-refractivity contribution < 1.29 is 33.3 Å². The van der Waals surface area contributed by atoms with Crippen molar-refractivity contribution in [2.24, 2.45) is 5.92 Å². The molecule has 14 heteroatoms. The summed E-state index contributed by atoms with van der Waals surface area (Å²) in [4.78, 5) is 23.7. The number of unbranched alkanes of at least 4 members (excludes halogenated alkanes) is 3. The second-order valence-corrected chi connectivity index (χ2v) is 18.0. The number of carbonyl (C=O) groups excluding carboxylic acids is 2. The lowest BCUT2D eigenvalue weighted by molar-refractivity contribution is -0.121. The third-order valence-electron chi connectivity index (χ3n) is 12.4. The molecule has 2 aromatic carbocycles. The molecule has 0 radical (unpaired) electrons. The Bertz CT molecular complexity index is 1860. The van der Waals surface area contributed by atoms with E-state index in [4.69, 9.17) is 23.7 Å². The molecular weight excluding hydrogens is 793 g/mol. The number of methoxy groups -OCH3 is 2. The van der Waals surface area contributed by atoms with Crippen LogP contribution in [0.5, 0.6) is 17.2 Å². The van der Waals surface area contributed by atoms with Crippen LogP contribution in [-0.4, -0.2) is 99.0 Å².